The number of likely N-dealkylation sites (N-methyl/N-ethyl adjacent to an activating group) is 1. The van der Waals surface area contributed by atoms with Crippen molar-refractivity contribution in [3.05, 3.63) is 33.3 Å². The third kappa shape index (κ3) is 2.86. The molecule has 1 fully saturated rings. The maximum absolute atomic E-state index is 12.9. The van der Waals surface area contributed by atoms with Crippen LogP contribution >= 0.6 is 23.2 Å². The van der Waals surface area contributed by atoms with Crippen LogP contribution < -0.4 is 0 Å². The van der Waals surface area contributed by atoms with Gasteiger partial charge in [-0.2, -0.15) is 8.42 Å². The van der Waals surface area contributed by atoms with Crippen molar-refractivity contribution >= 4 is 39.2 Å². The summed E-state index contributed by atoms with van der Waals surface area (Å²) in [6.45, 7) is 2.98. The zero-order valence-corrected chi connectivity index (χ0v) is 15.1. The first kappa shape index (κ1) is 17.0. The van der Waals surface area contributed by atoms with Crippen molar-refractivity contribution in [2.75, 3.05) is 12.8 Å². The number of carbonyl (C=O) groups is 1. The van der Waals surface area contributed by atoms with Crippen LogP contribution in [0.2, 0.25) is 10.0 Å². The van der Waals surface area contributed by atoms with Gasteiger partial charge in [-0.15, -0.1) is 0 Å². The van der Waals surface area contributed by atoms with Gasteiger partial charge in [-0.3, -0.25) is 8.98 Å². The summed E-state index contributed by atoms with van der Waals surface area (Å²) in [5, 5.41) is 0.851. The van der Waals surface area contributed by atoms with Gasteiger partial charge in [0.1, 0.15) is 0 Å². The third-order valence-electron chi connectivity index (χ3n) is 4.56. The van der Waals surface area contributed by atoms with Crippen molar-refractivity contribution in [2.24, 2.45) is 0 Å². The number of nitrogens with zero attached hydrogens (tertiary/aromatic N) is 1. The van der Waals surface area contributed by atoms with Crippen LogP contribution in [-0.4, -0.2) is 38.1 Å². The monoisotopic (exact) mass is 377 g/mol. The van der Waals surface area contributed by atoms with E-state index in [0.29, 0.717) is 36.0 Å². The summed E-state index contributed by atoms with van der Waals surface area (Å²) in [6.07, 6.45) is 1.21. The molecule has 1 saturated carbocycles. The van der Waals surface area contributed by atoms with E-state index in [1.54, 1.807) is 17.0 Å². The number of fused-ring (bicyclic) bond motifs is 2. The van der Waals surface area contributed by atoms with Crippen LogP contribution in [0.5, 0.6) is 0 Å². The Balaban J connectivity index is 2.00. The molecule has 2 aliphatic rings. The molecule has 3 rings (SSSR count). The fourth-order valence-electron chi connectivity index (χ4n) is 3.54. The van der Waals surface area contributed by atoms with Crippen LogP contribution in [0.15, 0.2) is 12.1 Å². The van der Waals surface area contributed by atoms with Crippen molar-refractivity contribution in [3.63, 3.8) is 0 Å². The molecule has 0 radical (unpaired) electrons. The van der Waals surface area contributed by atoms with E-state index in [1.807, 2.05) is 6.92 Å². The number of halogens is 2. The molecule has 0 unspecified atom stereocenters. The Labute approximate surface area is 145 Å². The Morgan fingerprint density at radius 2 is 1.91 bits per heavy atom. The molecule has 0 saturated heterocycles. The highest BCUT2D eigenvalue weighted by Crippen LogP contribution is 2.51. The molecule has 1 spiro atoms. The number of hydrogen-bond donors (Lipinski definition) is 0. The van der Waals surface area contributed by atoms with Crippen LogP contribution in [0.3, 0.4) is 0 Å². The standard InChI is InChI=1S/C15H17Cl2NO4S/c1-3-18-8-9-4-12(16)13(17)5-11(9)15(14(18)19)6-10(7-15)22-23(2,20)21/h4-5,10H,3,6-8H2,1-2H3. The summed E-state index contributed by atoms with van der Waals surface area (Å²) in [5.74, 6) is -0.000704. The summed E-state index contributed by atoms with van der Waals surface area (Å²) >= 11 is 12.2. The topological polar surface area (TPSA) is 63.7 Å². The first-order valence-corrected chi connectivity index (χ1v) is 9.89. The number of rotatable bonds is 3. The Bertz CT molecular complexity index is 772. The predicted molar refractivity (Wildman–Crippen MR) is 88.2 cm³/mol. The first-order chi connectivity index (χ1) is 10.7. The summed E-state index contributed by atoms with van der Waals surface area (Å²) in [7, 11) is -3.54. The largest absolute Gasteiger partial charge is 0.338 e. The number of benzene rings is 1. The maximum atomic E-state index is 12.9. The van der Waals surface area contributed by atoms with Gasteiger partial charge in [0.15, 0.2) is 0 Å². The smallest absolute Gasteiger partial charge is 0.264 e. The van der Waals surface area contributed by atoms with Gasteiger partial charge in [0, 0.05) is 13.1 Å². The molecule has 8 heteroatoms. The number of hydrogen-bond acceptors (Lipinski definition) is 4. The van der Waals surface area contributed by atoms with E-state index in [0.717, 1.165) is 17.4 Å². The zero-order valence-electron chi connectivity index (χ0n) is 12.8. The number of carbonyl (C=O) groups excluding carboxylic acids is 1. The van der Waals surface area contributed by atoms with Crippen LogP contribution in [0, 0.1) is 0 Å². The van der Waals surface area contributed by atoms with Crippen molar-refractivity contribution in [3.8, 4) is 0 Å². The van der Waals surface area contributed by atoms with Crippen LogP contribution in [0.4, 0.5) is 0 Å². The molecule has 1 aliphatic heterocycles. The van der Waals surface area contributed by atoms with Gasteiger partial charge < -0.3 is 4.90 Å². The third-order valence-corrected chi connectivity index (χ3v) is 5.91. The normalized spacial score (nSPS) is 27.0. The Kier molecular flexibility index (Phi) is 4.16. The van der Waals surface area contributed by atoms with Gasteiger partial charge >= 0.3 is 0 Å². The minimum absolute atomic E-state index is 0.000704. The fraction of sp³-hybridized carbons (Fsp3) is 0.533. The second kappa shape index (κ2) is 5.62. The lowest BCUT2D eigenvalue weighted by molar-refractivity contribution is -0.147. The molecule has 1 aliphatic carbocycles. The molecule has 126 valence electrons. The van der Waals surface area contributed by atoms with Gasteiger partial charge in [0.2, 0.25) is 5.91 Å². The molecule has 5 nitrogen and oxygen atoms in total. The van der Waals surface area contributed by atoms with Gasteiger partial charge in [0.25, 0.3) is 10.1 Å². The van der Waals surface area contributed by atoms with E-state index in [-0.39, 0.29) is 5.91 Å². The first-order valence-electron chi connectivity index (χ1n) is 7.32. The van der Waals surface area contributed by atoms with Gasteiger partial charge in [-0.1, -0.05) is 23.2 Å². The van der Waals surface area contributed by atoms with E-state index in [1.165, 1.54) is 0 Å². The second-order valence-corrected chi connectivity index (χ2v) is 8.57. The average Bonchev–Trinajstić information content (AvgIpc) is 2.40. The zero-order chi connectivity index (χ0) is 17.0. The summed E-state index contributed by atoms with van der Waals surface area (Å²) < 4.78 is 27.6. The molecular formula is C15H17Cl2NO4S. The summed E-state index contributed by atoms with van der Waals surface area (Å²) in [5.41, 5.74) is 1.04. The highest BCUT2D eigenvalue weighted by Gasteiger charge is 2.57. The molecule has 0 bridgehead atoms. The molecular weight excluding hydrogens is 361 g/mol. The lowest BCUT2D eigenvalue weighted by Crippen LogP contribution is -2.59. The van der Waals surface area contributed by atoms with E-state index in [9.17, 15) is 13.2 Å². The van der Waals surface area contributed by atoms with Gasteiger partial charge in [-0.25, -0.2) is 0 Å². The SMILES string of the molecule is CCN1Cc2cc(Cl)c(Cl)cc2C2(CC(OS(C)(=O)=O)C2)C1=O. The molecule has 1 aromatic carbocycles. The minimum Gasteiger partial charge on any atom is -0.338 e. The van der Waals surface area contributed by atoms with Gasteiger partial charge in [0.05, 0.1) is 27.8 Å². The van der Waals surface area contributed by atoms with Crippen LogP contribution in [0.25, 0.3) is 0 Å². The van der Waals surface area contributed by atoms with Gasteiger partial charge in [-0.05, 0) is 43.0 Å². The quantitative estimate of drug-likeness (QED) is 0.759. The molecule has 0 atom stereocenters. The maximum Gasteiger partial charge on any atom is 0.264 e. The minimum atomic E-state index is -3.54. The molecule has 0 aromatic heterocycles. The molecule has 1 heterocycles. The summed E-state index contributed by atoms with van der Waals surface area (Å²) in [4.78, 5) is 14.6. The second-order valence-electron chi connectivity index (χ2n) is 6.16. The Morgan fingerprint density at radius 3 is 2.48 bits per heavy atom. The van der Waals surface area contributed by atoms with Crippen molar-refractivity contribution in [1.29, 1.82) is 0 Å². The van der Waals surface area contributed by atoms with Crippen molar-refractivity contribution in [1.82, 2.24) is 4.90 Å². The fourth-order valence-corrected chi connectivity index (χ4v) is 4.52. The lowest BCUT2D eigenvalue weighted by atomic mass is 9.59. The predicted octanol–water partition coefficient (Wildman–Crippen LogP) is 2.73. The van der Waals surface area contributed by atoms with Crippen LogP contribution in [-0.2, 0) is 31.1 Å². The molecule has 1 aromatic rings. The van der Waals surface area contributed by atoms with Crippen molar-refractivity contribution in [2.45, 2.75) is 37.8 Å². The Hall–Kier alpha value is -0.820. The lowest BCUT2D eigenvalue weighted by Gasteiger charge is -2.51. The number of amides is 1. The van der Waals surface area contributed by atoms with E-state index in [2.05, 4.69) is 0 Å². The molecule has 23 heavy (non-hydrogen) atoms. The van der Waals surface area contributed by atoms with E-state index < -0.39 is 21.6 Å². The van der Waals surface area contributed by atoms with Crippen molar-refractivity contribution < 1.29 is 17.4 Å². The van der Waals surface area contributed by atoms with E-state index >= 15 is 0 Å². The van der Waals surface area contributed by atoms with E-state index in [4.69, 9.17) is 27.4 Å². The molecule has 1 amide bonds. The Morgan fingerprint density at radius 1 is 1.30 bits per heavy atom. The highest BCUT2D eigenvalue weighted by molar-refractivity contribution is 7.86. The van der Waals surface area contributed by atoms with Crippen LogP contribution in [0.1, 0.15) is 30.9 Å². The highest BCUT2D eigenvalue weighted by atomic mass is 35.5. The summed E-state index contributed by atoms with van der Waals surface area (Å²) in [6, 6.07) is 3.53. The average molecular weight is 378 g/mol. The molecule has 0 N–H and O–H groups in total.